The minimum absolute atomic E-state index is 0.00451. The van der Waals surface area contributed by atoms with Crippen molar-refractivity contribution in [3.63, 3.8) is 0 Å². The van der Waals surface area contributed by atoms with Crippen molar-refractivity contribution >= 4 is 11.8 Å². The Morgan fingerprint density at radius 3 is 1.40 bits per heavy atom. The summed E-state index contributed by atoms with van der Waals surface area (Å²) in [6, 6.07) is 5.61. The van der Waals surface area contributed by atoms with E-state index in [9.17, 15) is 9.59 Å². The Morgan fingerprint density at radius 2 is 1.02 bits per heavy atom. The van der Waals surface area contributed by atoms with Crippen molar-refractivity contribution in [2.45, 2.75) is 190 Å². The van der Waals surface area contributed by atoms with Crippen LogP contribution in [-0.4, -0.2) is 133 Å². The second kappa shape index (κ2) is 23.2. The van der Waals surface area contributed by atoms with Crippen molar-refractivity contribution in [3.8, 4) is 0 Å². The number of carbonyl (C=O) groups is 2. The Morgan fingerprint density at radius 1 is 0.655 bits per heavy atom. The molecule has 0 saturated carbocycles. The molecule has 8 bridgehead atoms. The third-order valence-corrected chi connectivity index (χ3v) is 14.6. The number of nitrogens with zero attached hydrogens (tertiary/aromatic N) is 6. The number of aliphatic hydroxyl groups excluding tert-OH is 1. The highest BCUT2D eigenvalue weighted by Crippen LogP contribution is 2.38. The Balaban J connectivity index is 0.000000162. The van der Waals surface area contributed by atoms with Gasteiger partial charge in [0, 0.05) is 80.6 Å². The molecule has 0 aliphatic carbocycles. The lowest BCUT2D eigenvalue weighted by Gasteiger charge is -2.47. The van der Waals surface area contributed by atoms with Crippen molar-refractivity contribution in [2.75, 3.05) is 48.5 Å². The molecule has 0 amide bonds. The van der Waals surface area contributed by atoms with E-state index in [-0.39, 0.29) is 5.97 Å². The molecule has 0 radical (unpaired) electrons. The molecule has 0 aromatic heterocycles. The first-order valence-corrected chi connectivity index (χ1v) is 22.0. The monoisotopic (exact) mass is 765 g/mol. The van der Waals surface area contributed by atoms with Gasteiger partial charge in [0.05, 0.1) is 13.2 Å². The summed E-state index contributed by atoms with van der Waals surface area (Å²) in [5.74, 6) is 1.74. The van der Waals surface area contributed by atoms with Crippen molar-refractivity contribution in [2.24, 2.45) is 11.8 Å². The Hall–Kier alpha value is -2.34. The van der Waals surface area contributed by atoms with Crippen LogP contribution in [0.5, 0.6) is 0 Å². The van der Waals surface area contributed by atoms with Gasteiger partial charge in [-0.3, -0.25) is 19.4 Å². The van der Waals surface area contributed by atoms with Gasteiger partial charge in [0.2, 0.25) is 6.54 Å². The maximum absolute atomic E-state index is 11.5. The van der Waals surface area contributed by atoms with Crippen LogP contribution in [0.2, 0.25) is 0 Å². The molecule has 2 unspecified atom stereocenters. The lowest BCUT2D eigenvalue weighted by molar-refractivity contribution is -0.145. The van der Waals surface area contributed by atoms with Crippen molar-refractivity contribution in [1.29, 1.82) is 0 Å². The van der Waals surface area contributed by atoms with Crippen LogP contribution in [0, 0.1) is 25.0 Å². The van der Waals surface area contributed by atoms with Gasteiger partial charge in [0.25, 0.3) is 0 Å². The summed E-state index contributed by atoms with van der Waals surface area (Å²) in [5, 5.41) is 7.00. The van der Waals surface area contributed by atoms with Crippen LogP contribution in [0.1, 0.15) is 142 Å². The molecule has 1 N–H and O–H groups in total. The van der Waals surface area contributed by atoms with E-state index in [1.807, 2.05) is 6.92 Å². The second-order valence-corrected chi connectivity index (χ2v) is 17.9. The molecule has 0 spiro atoms. The highest BCUT2D eigenvalue weighted by molar-refractivity contribution is 5.80. The van der Waals surface area contributed by atoms with Gasteiger partial charge in [0.15, 0.2) is 6.20 Å². The highest BCUT2D eigenvalue weighted by Gasteiger charge is 2.38. The largest absolute Gasteiger partial charge is 0.466 e. The zero-order chi connectivity index (χ0) is 39.9. The lowest BCUT2D eigenvalue weighted by Crippen LogP contribution is -2.50. The van der Waals surface area contributed by atoms with E-state index in [1.54, 1.807) is 6.20 Å². The third-order valence-electron chi connectivity index (χ3n) is 14.6. The number of carbonyl (C=O) groups excluding carboxylic acids is 2. The molecule has 0 aromatic rings. The molecule has 8 saturated heterocycles. The van der Waals surface area contributed by atoms with Gasteiger partial charge >= 0.3 is 5.97 Å². The number of aliphatic hydroxyl groups is 1. The van der Waals surface area contributed by atoms with Crippen molar-refractivity contribution < 1.29 is 19.4 Å². The quantitative estimate of drug-likeness (QED) is 0.232. The van der Waals surface area contributed by atoms with Crippen molar-refractivity contribution in [3.05, 3.63) is 34.6 Å². The van der Waals surface area contributed by atoms with Gasteiger partial charge in [-0.25, -0.2) is 11.4 Å². The number of rotatable bonds is 4. The predicted molar refractivity (Wildman–Crippen MR) is 221 cm³/mol. The minimum atomic E-state index is -0.00451. The van der Waals surface area contributed by atoms with E-state index in [2.05, 4.69) is 57.5 Å². The summed E-state index contributed by atoms with van der Waals surface area (Å²) in [7, 11) is 9.92. The normalized spacial score (nSPS) is 36.3. The van der Waals surface area contributed by atoms with E-state index in [0.29, 0.717) is 54.8 Å². The number of hydrogen-bond donors (Lipinski definition) is 1. The number of piperidine rings is 8. The molecule has 0 aromatic carbocycles. The molecule has 8 rings (SSSR count). The van der Waals surface area contributed by atoms with Crippen LogP contribution in [0.25, 0.3) is 9.69 Å². The zero-order valence-electron chi connectivity index (χ0n) is 35.5. The number of ketones is 1. The second-order valence-electron chi connectivity index (χ2n) is 17.9. The molecule has 8 fully saturated rings. The highest BCUT2D eigenvalue weighted by atomic mass is 16.5. The first kappa shape index (κ1) is 45.4. The first-order chi connectivity index (χ1) is 26.6. The molecular weight excluding hydrogens is 689 g/mol. The standard InChI is InChI=1S/C13H23NO2.C11H18N2.C11H16N2.C9H15NO.CH4O/c1-3-16-13(15)9-10-7-11-5-4-6-12(8-10)14(11)2;2*1-12-8-9-6-10-4-3-5-11(7-9)13(10)2;1-10-7-3-2-4-8(10)6-9(11)5-7;1-2/h10-12H,3-9H2,1-2H3;9-11H,3-8H2,2H3;8,10-11H,3-7H2,2H3;7-8H,2-6H2,1H3;2H,1H3/t10?,11-,12+;9?,10-,11+;10-,11+;7-,8+;. The molecule has 310 valence electrons. The van der Waals surface area contributed by atoms with E-state index in [1.165, 1.54) is 108 Å². The lowest BCUT2D eigenvalue weighted by atomic mass is 9.77. The molecule has 8 aliphatic rings. The van der Waals surface area contributed by atoms with Crippen LogP contribution in [0.15, 0.2) is 11.8 Å². The SMILES string of the molecule is CCOC(=O)CC1C[C@H]2CCC[C@@H](C1)N2C.CN1[C@@H]2CCC[C@H]1CC(=O)C2.CO.[C-]#[N+]C=C1C[C@H]2CCC[C@@H](C1)N2C.[C-]#[N+]CC1C[C@H]2CCC[C@@H](C1)N2C. The van der Waals surface area contributed by atoms with Gasteiger partial charge in [0.1, 0.15) is 5.78 Å². The summed E-state index contributed by atoms with van der Waals surface area (Å²) in [5.41, 5.74) is 1.38. The van der Waals surface area contributed by atoms with Crippen LogP contribution in [-0.2, 0) is 14.3 Å². The van der Waals surface area contributed by atoms with E-state index < -0.39 is 0 Å². The van der Waals surface area contributed by atoms with Crippen LogP contribution in [0.3, 0.4) is 0 Å². The maximum atomic E-state index is 11.5. The Kier molecular flexibility index (Phi) is 19.1. The smallest absolute Gasteiger partial charge is 0.306 e. The number of hydrogen-bond acceptors (Lipinski definition) is 8. The number of fused-ring (bicyclic) bond motifs is 8. The van der Waals surface area contributed by atoms with Crippen LogP contribution in [0.4, 0.5) is 0 Å². The number of ether oxygens (including phenoxy) is 1. The Bertz CT molecular complexity index is 1250. The van der Waals surface area contributed by atoms with Crippen LogP contribution >= 0.6 is 0 Å². The van der Waals surface area contributed by atoms with E-state index in [4.69, 9.17) is 23.0 Å². The van der Waals surface area contributed by atoms with E-state index in [0.717, 1.165) is 63.5 Å². The number of Topliss-reactive ketones (excluding diaryl/α,β-unsaturated/α-hetero) is 1. The van der Waals surface area contributed by atoms with E-state index >= 15 is 0 Å². The Labute approximate surface area is 335 Å². The fourth-order valence-electron chi connectivity index (χ4n) is 11.4. The molecule has 10 nitrogen and oxygen atoms in total. The fraction of sp³-hybridized carbons (Fsp3) is 0.867. The zero-order valence-corrected chi connectivity index (χ0v) is 35.5. The summed E-state index contributed by atoms with van der Waals surface area (Å²) >= 11 is 0. The summed E-state index contributed by atoms with van der Waals surface area (Å²) in [4.78, 5) is 39.6. The fourth-order valence-corrected chi connectivity index (χ4v) is 11.4. The summed E-state index contributed by atoms with van der Waals surface area (Å²) in [6.45, 7) is 16.9. The maximum Gasteiger partial charge on any atom is 0.306 e. The molecule has 8 aliphatic heterocycles. The van der Waals surface area contributed by atoms with Crippen molar-refractivity contribution in [1.82, 2.24) is 19.6 Å². The van der Waals surface area contributed by atoms with Gasteiger partial charge in [-0.1, -0.05) is 31.3 Å². The average Bonchev–Trinajstić information content (AvgIpc) is 3.12. The predicted octanol–water partition coefficient (Wildman–Crippen LogP) is 7.62. The average molecular weight is 765 g/mol. The van der Waals surface area contributed by atoms with Gasteiger partial charge in [-0.15, -0.1) is 0 Å². The van der Waals surface area contributed by atoms with Crippen LogP contribution < -0.4 is 0 Å². The first-order valence-electron chi connectivity index (χ1n) is 22.0. The summed E-state index contributed by atoms with van der Waals surface area (Å²) in [6.07, 6.45) is 27.1. The molecule has 8 heterocycles. The minimum Gasteiger partial charge on any atom is -0.466 e. The van der Waals surface area contributed by atoms with Gasteiger partial charge in [-0.2, -0.15) is 0 Å². The topological polar surface area (TPSA) is 85.3 Å². The third kappa shape index (κ3) is 13.1. The van der Waals surface area contributed by atoms with Gasteiger partial charge in [-0.05, 0) is 131 Å². The summed E-state index contributed by atoms with van der Waals surface area (Å²) < 4.78 is 5.04. The molecule has 10 atom stereocenters. The molecule has 10 heteroatoms. The number of esters is 1. The molecular formula is C45H76N6O4. The molecule has 55 heavy (non-hydrogen) atoms. The van der Waals surface area contributed by atoms with Gasteiger partial charge < -0.3 is 24.5 Å².